The molecule has 11 heteroatoms. The molecule has 0 atom stereocenters. The van der Waals surface area contributed by atoms with Crippen molar-refractivity contribution in [2.45, 2.75) is 156 Å². The van der Waals surface area contributed by atoms with Crippen molar-refractivity contribution in [1.29, 1.82) is 0 Å². The first-order valence-corrected chi connectivity index (χ1v) is 16.5. The molecule has 0 unspecified atom stereocenters. The van der Waals surface area contributed by atoms with E-state index in [9.17, 15) is 9.59 Å². The fraction of sp³-hybridized carbons (Fsp3) is 0.929. The van der Waals surface area contributed by atoms with Gasteiger partial charge in [-0.15, -0.1) is 0 Å². The number of carbonyl (C=O) groups excluding carboxylic acids is 2. The van der Waals surface area contributed by atoms with E-state index >= 15 is 0 Å². The Morgan fingerprint density at radius 3 is 0.974 bits per heavy atom. The molecule has 4 N–H and O–H groups in total. The highest BCUT2D eigenvalue weighted by Crippen LogP contribution is 2.11. The second kappa shape index (κ2) is 34.8. The van der Waals surface area contributed by atoms with Crippen molar-refractivity contribution >= 4 is 22.2 Å². The van der Waals surface area contributed by atoms with E-state index in [-0.39, 0.29) is 11.8 Å². The highest BCUT2D eigenvalue weighted by molar-refractivity contribution is 7.79. The van der Waals surface area contributed by atoms with Crippen LogP contribution in [0.2, 0.25) is 0 Å². The number of amides is 2. The molecule has 236 valence electrons. The molecule has 0 fully saturated rings. The number of rotatable bonds is 24. The second-order valence-corrected chi connectivity index (χ2v) is 10.4. The van der Waals surface area contributed by atoms with Crippen LogP contribution in [-0.4, -0.2) is 42.6 Å². The van der Waals surface area contributed by atoms with Crippen molar-refractivity contribution in [3.63, 3.8) is 0 Å². The zero-order valence-electron chi connectivity index (χ0n) is 25.3. The number of hydrogen-bond acceptors (Lipinski definition) is 6. The van der Waals surface area contributed by atoms with Gasteiger partial charge < -0.3 is 0 Å². The molecule has 0 aromatic heterocycles. The summed E-state index contributed by atoms with van der Waals surface area (Å²) in [5.41, 5.74) is 4.84. The molecule has 10 nitrogen and oxygen atoms in total. The molecule has 0 heterocycles. The SMILES string of the molecule is CCCCCCCCCCCC(=O)NOCC.CCCCCCCCCCCC(=O)NOCC.O=S(=O)(O)O. The van der Waals surface area contributed by atoms with Crippen LogP contribution in [-0.2, 0) is 29.7 Å². The quantitative estimate of drug-likeness (QED) is 0.0524. The van der Waals surface area contributed by atoms with Gasteiger partial charge >= 0.3 is 10.4 Å². The predicted octanol–water partition coefficient (Wildman–Crippen LogP) is 7.30. The van der Waals surface area contributed by atoms with Gasteiger partial charge in [0.25, 0.3) is 0 Å². The lowest BCUT2D eigenvalue weighted by Gasteiger charge is -2.03. The molecule has 0 saturated heterocycles. The Morgan fingerprint density at radius 2 is 0.744 bits per heavy atom. The molecule has 2 amide bonds. The predicted molar refractivity (Wildman–Crippen MR) is 157 cm³/mol. The van der Waals surface area contributed by atoms with Gasteiger partial charge in [0.05, 0.1) is 13.2 Å². The standard InChI is InChI=1S/2C14H29NO2.H2O4S/c2*1-3-5-6-7-8-9-10-11-12-13-14(16)15-17-4-2;1-5(2,3)4/h2*3-13H2,1-2H3,(H,15,16);(H2,1,2,3,4). The van der Waals surface area contributed by atoms with E-state index in [2.05, 4.69) is 24.8 Å². The van der Waals surface area contributed by atoms with Gasteiger partial charge in [-0.2, -0.15) is 8.42 Å². The average Bonchev–Trinajstić information content (AvgIpc) is 2.88. The molecular weight excluding hydrogens is 524 g/mol. The van der Waals surface area contributed by atoms with Crippen molar-refractivity contribution in [2.75, 3.05) is 13.2 Å². The first-order chi connectivity index (χ1) is 18.6. The summed E-state index contributed by atoms with van der Waals surface area (Å²) in [6.45, 7) is 9.27. The largest absolute Gasteiger partial charge is 0.394 e. The number of unbranched alkanes of at least 4 members (excludes halogenated alkanes) is 16. The lowest BCUT2D eigenvalue weighted by Crippen LogP contribution is -2.23. The average molecular weight is 585 g/mol. The number of hydrogen-bond donors (Lipinski definition) is 4. The van der Waals surface area contributed by atoms with Crippen LogP contribution in [0.25, 0.3) is 0 Å². The second-order valence-electron chi connectivity index (χ2n) is 9.52. The van der Waals surface area contributed by atoms with E-state index in [1.54, 1.807) is 0 Å². The minimum atomic E-state index is -4.67. The monoisotopic (exact) mass is 584 g/mol. The third kappa shape index (κ3) is 53.7. The minimum absolute atomic E-state index is 0.00907. The van der Waals surface area contributed by atoms with Gasteiger partial charge in [0.2, 0.25) is 11.8 Å². The summed E-state index contributed by atoms with van der Waals surface area (Å²) in [5, 5.41) is 0. The Labute approximate surface area is 239 Å². The van der Waals surface area contributed by atoms with Crippen molar-refractivity contribution in [2.24, 2.45) is 0 Å². The maximum atomic E-state index is 11.2. The molecule has 0 rings (SSSR count). The summed E-state index contributed by atoms with van der Waals surface area (Å²) in [4.78, 5) is 32.0. The van der Waals surface area contributed by atoms with E-state index in [0.717, 1.165) is 25.7 Å². The molecule has 39 heavy (non-hydrogen) atoms. The Balaban J connectivity index is -0.000000566. The molecule has 0 aliphatic rings. The van der Waals surface area contributed by atoms with Gasteiger partial charge in [-0.05, 0) is 26.7 Å². The van der Waals surface area contributed by atoms with Gasteiger partial charge in [0.1, 0.15) is 0 Å². The Bertz CT molecular complexity index is 573. The summed E-state index contributed by atoms with van der Waals surface area (Å²) in [7, 11) is -4.67. The highest BCUT2D eigenvalue weighted by atomic mass is 32.3. The van der Waals surface area contributed by atoms with Crippen LogP contribution in [0.4, 0.5) is 0 Å². The van der Waals surface area contributed by atoms with Gasteiger partial charge in [-0.1, -0.05) is 117 Å². The molecule has 0 aromatic rings. The molecule has 0 saturated carbocycles. The van der Waals surface area contributed by atoms with E-state index in [0.29, 0.717) is 26.1 Å². The van der Waals surface area contributed by atoms with Crippen LogP contribution >= 0.6 is 0 Å². The van der Waals surface area contributed by atoms with Crippen LogP contribution in [0.3, 0.4) is 0 Å². The molecule has 0 aromatic carbocycles. The van der Waals surface area contributed by atoms with Crippen LogP contribution in [0.15, 0.2) is 0 Å². The summed E-state index contributed by atoms with van der Waals surface area (Å²) >= 11 is 0. The molecule has 0 aliphatic heterocycles. The van der Waals surface area contributed by atoms with E-state index in [4.69, 9.17) is 27.2 Å². The van der Waals surface area contributed by atoms with Gasteiger partial charge in [0.15, 0.2) is 0 Å². The van der Waals surface area contributed by atoms with Crippen molar-refractivity contribution in [3.05, 3.63) is 0 Å². The number of nitrogens with one attached hydrogen (secondary N) is 2. The lowest BCUT2D eigenvalue weighted by atomic mass is 10.1. The molecule has 0 aliphatic carbocycles. The number of carbonyl (C=O) groups is 2. The van der Waals surface area contributed by atoms with Gasteiger partial charge in [-0.3, -0.25) is 28.4 Å². The highest BCUT2D eigenvalue weighted by Gasteiger charge is 2.01. The summed E-state index contributed by atoms with van der Waals surface area (Å²) in [6.07, 6.45) is 24.2. The zero-order valence-corrected chi connectivity index (χ0v) is 26.1. The van der Waals surface area contributed by atoms with Crippen LogP contribution in [0.1, 0.15) is 156 Å². The molecular formula is C28H60N2O8S. The van der Waals surface area contributed by atoms with Crippen LogP contribution < -0.4 is 11.0 Å². The Kier molecular flexibility index (Phi) is 37.6. The first kappa shape index (κ1) is 42.2. The summed E-state index contributed by atoms with van der Waals surface area (Å²) in [6, 6.07) is 0. The van der Waals surface area contributed by atoms with E-state index < -0.39 is 10.4 Å². The minimum Gasteiger partial charge on any atom is -0.274 e. The zero-order chi connectivity index (χ0) is 30.0. The molecule has 0 spiro atoms. The van der Waals surface area contributed by atoms with E-state index in [1.165, 1.54) is 89.9 Å². The van der Waals surface area contributed by atoms with Crippen molar-refractivity contribution in [3.8, 4) is 0 Å². The fourth-order valence-electron chi connectivity index (χ4n) is 3.60. The summed E-state index contributed by atoms with van der Waals surface area (Å²) in [5.74, 6) is 0.0181. The topological polar surface area (TPSA) is 151 Å². The van der Waals surface area contributed by atoms with Crippen LogP contribution in [0, 0.1) is 0 Å². The fourth-order valence-corrected chi connectivity index (χ4v) is 3.60. The third-order valence-electron chi connectivity index (χ3n) is 5.68. The molecule has 0 bridgehead atoms. The third-order valence-corrected chi connectivity index (χ3v) is 5.68. The van der Waals surface area contributed by atoms with Crippen molar-refractivity contribution in [1.82, 2.24) is 11.0 Å². The Morgan fingerprint density at radius 1 is 0.513 bits per heavy atom. The lowest BCUT2D eigenvalue weighted by molar-refractivity contribution is -0.133. The Hall–Kier alpha value is -1.27. The molecule has 0 radical (unpaired) electrons. The normalized spacial score (nSPS) is 10.6. The van der Waals surface area contributed by atoms with E-state index in [1.807, 2.05) is 13.8 Å². The van der Waals surface area contributed by atoms with Crippen LogP contribution in [0.5, 0.6) is 0 Å². The van der Waals surface area contributed by atoms with Gasteiger partial charge in [0, 0.05) is 12.8 Å². The summed E-state index contributed by atoms with van der Waals surface area (Å²) < 4.78 is 31.6. The van der Waals surface area contributed by atoms with Crippen molar-refractivity contribution < 1.29 is 36.8 Å². The maximum Gasteiger partial charge on any atom is 0.394 e. The van der Waals surface area contributed by atoms with Gasteiger partial charge in [-0.25, -0.2) is 11.0 Å². The maximum absolute atomic E-state index is 11.2. The first-order valence-electron chi connectivity index (χ1n) is 15.1. The number of hydroxylamine groups is 2. The smallest absolute Gasteiger partial charge is 0.274 e.